The van der Waals surface area contributed by atoms with Gasteiger partial charge in [0.2, 0.25) is 0 Å². The highest BCUT2D eigenvalue weighted by atomic mass is 16.5. The Balaban J connectivity index is 1.88. The third-order valence-corrected chi connectivity index (χ3v) is 5.70. The van der Waals surface area contributed by atoms with Crippen molar-refractivity contribution in [3.05, 3.63) is 95.1 Å². The molecule has 0 aliphatic heterocycles. The largest absolute Gasteiger partial charge is 0.496 e. The summed E-state index contributed by atoms with van der Waals surface area (Å²) in [7, 11) is 1.62. The normalized spacial score (nSPS) is 11.7. The molecule has 0 bridgehead atoms. The van der Waals surface area contributed by atoms with E-state index in [2.05, 4.69) is 19.2 Å². The summed E-state index contributed by atoms with van der Waals surface area (Å²) in [4.78, 5) is 24.8. The van der Waals surface area contributed by atoms with Crippen LogP contribution in [-0.2, 0) is 17.8 Å². The predicted molar refractivity (Wildman–Crippen MR) is 136 cm³/mol. The number of carbonyl (C=O) groups excluding carboxylic acids is 1. The minimum atomic E-state index is -0.903. The number of hydrogen-bond acceptors (Lipinski definition) is 4. The molecule has 1 unspecified atom stereocenters. The summed E-state index contributed by atoms with van der Waals surface area (Å²) in [5, 5.41) is 12.4. The van der Waals surface area contributed by atoms with Gasteiger partial charge in [0.05, 0.1) is 13.2 Å². The van der Waals surface area contributed by atoms with Gasteiger partial charge in [0, 0.05) is 17.5 Å². The number of amides is 1. The van der Waals surface area contributed by atoms with Gasteiger partial charge < -0.3 is 19.9 Å². The van der Waals surface area contributed by atoms with E-state index in [1.54, 1.807) is 13.2 Å². The highest BCUT2D eigenvalue weighted by molar-refractivity contribution is 5.96. The Morgan fingerprint density at radius 2 is 1.69 bits per heavy atom. The second kappa shape index (κ2) is 12.6. The Morgan fingerprint density at radius 3 is 2.37 bits per heavy atom. The maximum Gasteiger partial charge on any atom is 0.303 e. The molecule has 0 fully saturated rings. The molecule has 1 amide bonds. The molecule has 0 aromatic heterocycles. The molecule has 0 aliphatic carbocycles. The second-order valence-corrected chi connectivity index (χ2v) is 8.88. The van der Waals surface area contributed by atoms with Crippen molar-refractivity contribution >= 4 is 11.9 Å². The summed E-state index contributed by atoms with van der Waals surface area (Å²) >= 11 is 0. The Kier molecular flexibility index (Phi) is 9.30. The van der Waals surface area contributed by atoms with Crippen molar-refractivity contribution in [1.82, 2.24) is 5.32 Å². The van der Waals surface area contributed by atoms with Gasteiger partial charge in [-0.3, -0.25) is 9.59 Å². The molecule has 184 valence electrons. The number of benzene rings is 3. The number of nitrogens with one attached hydrogen (secondary N) is 1. The van der Waals surface area contributed by atoms with E-state index in [0.29, 0.717) is 23.7 Å². The minimum Gasteiger partial charge on any atom is -0.496 e. The number of rotatable bonds is 12. The second-order valence-electron chi connectivity index (χ2n) is 8.88. The first-order valence-corrected chi connectivity index (χ1v) is 11.8. The van der Waals surface area contributed by atoms with Gasteiger partial charge in [-0.1, -0.05) is 62.4 Å². The molecule has 6 nitrogen and oxygen atoms in total. The van der Waals surface area contributed by atoms with Gasteiger partial charge >= 0.3 is 5.97 Å². The van der Waals surface area contributed by atoms with Crippen LogP contribution in [0, 0.1) is 5.92 Å². The Bertz CT molecular complexity index is 1130. The molecular formula is C29H33NO5. The Morgan fingerprint density at radius 1 is 0.971 bits per heavy atom. The molecule has 0 aliphatic rings. The average Bonchev–Trinajstić information content (AvgIpc) is 2.86. The van der Waals surface area contributed by atoms with Crippen LogP contribution in [0.25, 0.3) is 0 Å². The molecule has 6 heteroatoms. The van der Waals surface area contributed by atoms with E-state index in [-0.39, 0.29) is 24.8 Å². The fourth-order valence-corrected chi connectivity index (χ4v) is 3.99. The molecule has 35 heavy (non-hydrogen) atoms. The van der Waals surface area contributed by atoms with E-state index in [1.807, 2.05) is 66.7 Å². The summed E-state index contributed by atoms with van der Waals surface area (Å²) < 4.78 is 11.4. The molecule has 0 spiro atoms. The van der Waals surface area contributed by atoms with Crippen molar-refractivity contribution in [1.29, 1.82) is 0 Å². The molecule has 3 rings (SSSR count). The maximum atomic E-state index is 13.6. The lowest BCUT2D eigenvalue weighted by molar-refractivity contribution is -0.136. The fourth-order valence-electron chi connectivity index (χ4n) is 3.99. The van der Waals surface area contributed by atoms with Crippen LogP contribution >= 0.6 is 0 Å². The van der Waals surface area contributed by atoms with E-state index in [1.165, 1.54) is 0 Å². The monoisotopic (exact) mass is 475 g/mol. The van der Waals surface area contributed by atoms with Crippen molar-refractivity contribution < 1.29 is 24.2 Å². The number of aryl methyl sites for hydroxylation is 1. The van der Waals surface area contributed by atoms with Gasteiger partial charge in [-0.2, -0.15) is 0 Å². The fraction of sp³-hybridized carbons (Fsp3) is 0.310. The predicted octanol–water partition coefficient (Wildman–Crippen LogP) is 5.81. The van der Waals surface area contributed by atoms with E-state index in [4.69, 9.17) is 9.47 Å². The smallest absolute Gasteiger partial charge is 0.303 e. The number of aliphatic carboxylic acids is 1. The topological polar surface area (TPSA) is 84.9 Å². The number of carboxylic acids is 1. The van der Waals surface area contributed by atoms with Crippen molar-refractivity contribution in [2.75, 3.05) is 7.11 Å². The zero-order valence-electron chi connectivity index (χ0n) is 20.5. The summed E-state index contributed by atoms with van der Waals surface area (Å²) in [6.07, 6.45) is 0.941. The van der Waals surface area contributed by atoms with Crippen molar-refractivity contribution in [3.8, 4) is 11.5 Å². The number of ether oxygens (including phenoxy) is 2. The molecule has 1 atom stereocenters. The molecule has 0 saturated carbocycles. The van der Waals surface area contributed by atoms with E-state index >= 15 is 0 Å². The van der Waals surface area contributed by atoms with Crippen LogP contribution in [0.1, 0.15) is 59.8 Å². The Hall–Kier alpha value is -3.80. The summed E-state index contributed by atoms with van der Waals surface area (Å²) in [5.41, 5.74) is 2.89. The molecule has 0 heterocycles. The van der Waals surface area contributed by atoms with Gasteiger partial charge in [0.1, 0.15) is 18.1 Å². The van der Waals surface area contributed by atoms with Gasteiger partial charge in [-0.15, -0.1) is 0 Å². The van der Waals surface area contributed by atoms with Crippen LogP contribution in [0.2, 0.25) is 0 Å². The zero-order valence-corrected chi connectivity index (χ0v) is 20.5. The highest BCUT2D eigenvalue weighted by Gasteiger charge is 2.22. The lowest BCUT2D eigenvalue weighted by Gasteiger charge is -2.24. The highest BCUT2D eigenvalue weighted by Crippen LogP contribution is 2.30. The van der Waals surface area contributed by atoms with Crippen LogP contribution in [0.3, 0.4) is 0 Å². The van der Waals surface area contributed by atoms with Crippen LogP contribution in [0.5, 0.6) is 11.5 Å². The van der Waals surface area contributed by atoms with Gasteiger partial charge in [-0.25, -0.2) is 0 Å². The van der Waals surface area contributed by atoms with Gasteiger partial charge in [0.15, 0.2) is 0 Å². The third-order valence-electron chi connectivity index (χ3n) is 5.70. The lowest BCUT2D eigenvalue weighted by Crippen LogP contribution is -2.30. The average molecular weight is 476 g/mol. The third kappa shape index (κ3) is 7.60. The van der Waals surface area contributed by atoms with Crippen molar-refractivity contribution in [2.24, 2.45) is 5.92 Å². The summed E-state index contributed by atoms with van der Waals surface area (Å²) in [6.45, 7) is 4.51. The number of hydrogen-bond donors (Lipinski definition) is 2. The van der Waals surface area contributed by atoms with Gasteiger partial charge in [-0.05, 0) is 54.2 Å². The molecule has 3 aromatic carbocycles. The first-order valence-electron chi connectivity index (χ1n) is 11.8. The van der Waals surface area contributed by atoms with Crippen molar-refractivity contribution in [2.45, 2.75) is 45.8 Å². The van der Waals surface area contributed by atoms with Gasteiger partial charge in [0.25, 0.3) is 5.91 Å². The molecular weight excluding hydrogens is 442 g/mol. The number of methoxy groups -OCH3 is 1. The SMILES string of the molecule is COc1ccccc1C(CC(C)C)NC(=O)c1cc(COc2ccccc2)ccc1CCC(=O)O. The quantitative estimate of drug-likeness (QED) is 0.345. The number of para-hydroxylation sites is 2. The van der Waals surface area contributed by atoms with E-state index < -0.39 is 5.97 Å². The first-order chi connectivity index (χ1) is 16.9. The molecule has 0 radical (unpaired) electrons. The molecule has 2 N–H and O–H groups in total. The summed E-state index contributed by atoms with van der Waals surface area (Å²) in [5.74, 6) is 0.640. The number of carboxylic acid groups (broad SMARTS) is 1. The van der Waals surface area contributed by atoms with Crippen molar-refractivity contribution in [3.63, 3.8) is 0 Å². The molecule has 0 saturated heterocycles. The summed E-state index contributed by atoms with van der Waals surface area (Å²) in [6, 6.07) is 22.4. The van der Waals surface area contributed by atoms with Crippen LogP contribution < -0.4 is 14.8 Å². The van der Waals surface area contributed by atoms with Crippen LogP contribution in [0.15, 0.2) is 72.8 Å². The van der Waals surface area contributed by atoms with Crippen LogP contribution in [-0.4, -0.2) is 24.1 Å². The first kappa shape index (κ1) is 25.8. The maximum absolute atomic E-state index is 13.6. The Labute approximate surface area is 206 Å². The van der Waals surface area contributed by atoms with E-state index in [9.17, 15) is 14.7 Å². The van der Waals surface area contributed by atoms with E-state index in [0.717, 1.165) is 29.0 Å². The number of carbonyl (C=O) groups is 2. The van der Waals surface area contributed by atoms with Crippen LogP contribution in [0.4, 0.5) is 0 Å². The zero-order chi connectivity index (χ0) is 25.2. The minimum absolute atomic E-state index is 0.0535. The molecule has 3 aromatic rings. The lowest BCUT2D eigenvalue weighted by atomic mass is 9.94. The standard InChI is InChI=1S/C29H33NO5/c1-20(2)17-26(24-11-7-8-12-27(24)34-3)30-29(33)25-18-21(13-14-22(25)15-16-28(31)32)19-35-23-9-5-4-6-10-23/h4-14,18,20,26H,15-17,19H2,1-3H3,(H,30,33)(H,31,32).